The number of rotatable bonds is 7. The van der Waals surface area contributed by atoms with Crippen LogP contribution in [-0.2, 0) is 4.79 Å². The van der Waals surface area contributed by atoms with Crippen LogP contribution in [0.1, 0.15) is 17.0 Å². The Morgan fingerprint density at radius 3 is 2.45 bits per heavy atom. The van der Waals surface area contributed by atoms with Gasteiger partial charge in [0.15, 0.2) is 0 Å². The highest BCUT2D eigenvalue weighted by Gasteiger charge is 2.30. The molecule has 3 aromatic rings. The molecule has 1 aliphatic heterocycles. The zero-order valence-corrected chi connectivity index (χ0v) is 18.7. The van der Waals surface area contributed by atoms with E-state index in [2.05, 4.69) is 15.2 Å². The second-order valence-electron chi connectivity index (χ2n) is 7.38. The van der Waals surface area contributed by atoms with Crippen molar-refractivity contribution in [3.8, 4) is 5.75 Å². The standard InChI is InChI=1S/C24H19Cl2F2N3O2/c25-20-11-8-17(12-21(20)26)29-22(32)14-31-13-19(15-4-2-1-3-5-15)23(30-31)16-6-9-18(10-7-16)33-24(27)28/h1-12,19,24H,13-14H2,(H,29,32). The minimum Gasteiger partial charge on any atom is -0.435 e. The molecule has 33 heavy (non-hydrogen) atoms. The molecule has 0 aliphatic carbocycles. The smallest absolute Gasteiger partial charge is 0.387 e. The van der Waals surface area contributed by atoms with Crippen molar-refractivity contribution in [3.05, 3.63) is 94.0 Å². The third kappa shape index (κ3) is 5.80. The first-order chi connectivity index (χ1) is 15.9. The van der Waals surface area contributed by atoms with Gasteiger partial charge in [-0.2, -0.15) is 13.9 Å². The lowest BCUT2D eigenvalue weighted by atomic mass is 9.90. The van der Waals surface area contributed by atoms with E-state index in [0.717, 1.165) is 16.8 Å². The molecular weight excluding hydrogens is 471 g/mol. The van der Waals surface area contributed by atoms with E-state index >= 15 is 0 Å². The summed E-state index contributed by atoms with van der Waals surface area (Å²) in [5.74, 6) is -0.279. The Labute approximate surface area is 199 Å². The highest BCUT2D eigenvalue weighted by Crippen LogP contribution is 2.30. The number of hydrogen-bond acceptors (Lipinski definition) is 4. The highest BCUT2D eigenvalue weighted by molar-refractivity contribution is 6.42. The molecule has 1 amide bonds. The lowest BCUT2D eigenvalue weighted by Gasteiger charge is -2.16. The van der Waals surface area contributed by atoms with E-state index in [0.29, 0.717) is 22.3 Å². The summed E-state index contributed by atoms with van der Waals surface area (Å²) in [5.41, 5.74) is 3.08. The SMILES string of the molecule is O=C(CN1CC(c2ccccc2)C(c2ccc(OC(F)F)cc2)=N1)Nc1ccc(Cl)c(Cl)c1. The van der Waals surface area contributed by atoms with Crippen LogP contribution in [0.4, 0.5) is 14.5 Å². The minimum atomic E-state index is -2.89. The summed E-state index contributed by atoms with van der Waals surface area (Å²) in [7, 11) is 0. The topological polar surface area (TPSA) is 53.9 Å². The largest absolute Gasteiger partial charge is 0.435 e. The van der Waals surface area contributed by atoms with E-state index in [-0.39, 0.29) is 24.1 Å². The Hall–Kier alpha value is -3.16. The fraction of sp³-hybridized carbons (Fsp3) is 0.167. The molecule has 170 valence electrons. The number of hydrazone groups is 1. The summed E-state index contributed by atoms with van der Waals surface area (Å²) in [5, 5.41) is 9.90. The van der Waals surface area contributed by atoms with Crippen molar-refractivity contribution in [2.75, 3.05) is 18.4 Å². The van der Waals surface area contributed by atoms with Gasteiger partial charge in [0.1, 0.15) is 12.3 Å². The molecule has 0 fully saturated rings. The van der Waals surface area contributed by atoms with Crippen molar-refractivity contribution >= 4 is 40.5 Å². The molecule has 4 rings (SSSR count). The van der Waals surface area contributed by atoms with Crippen LogP contribution in [0.15, 0.2) is 77.9 Å². The van der Waals surface area contributed by atoms with Gasteiger partial charge in [-0.15, -0.1) is 0 Å². The van der Waals surface area contributed by atoms with Gasteiger partial charge >= 0.3 is 6.61 Å². The number of alkyl halides is 2. The average Bonchev–Trinajstić information content (AvgIpc) is 3.20. The van der Waals surface area contributed by atoms with E-state index in [4.69, 9.17) is 23.2 Å². The number of halogens is 4. The Balaban J connectivity index is 1.53. The molecule has 1 aliphatic rings. The predicted molar refractivity (Wildman–Crippen MR) is 125 cm³/mol. The summed E-state index contributed by atoms with van der Waals surface area (Å²) in [4.78, 5) is 12.6. The monoisotopic (exact) mass is 489 g/mol. The van der Waals surface area contributed by atoms with Gasteiger partial charge in [0.05, 0.1) is 15.8 Å². The van der Waals surface area contributed by atoms with Crippen LogP contribution in [0, 0.1) is 0 Å². The number of amides is 1. The lowest BCUT2D eigenvalue weighted by molar-refractivity contribution is -0.117. The van der Waals surface area contributed by atoms with Gasteiger partial charge in [-0.05, 0) is 53.6 Å². The molecule has 1 atom stereocenters. The number of carbonyl (C=O) groups is 1. The highest BCUT2D eigenvalue weighted by atomic mass is 35.5. The second-order valence-corrected chi connectivity index (χ2v) is 8.19. The number of ether oxygens (including phenoxy) is 1. The molecule has 0 aromatic heterocycles. The quantitative estimate of drug-likeness (QED) is 0.440. The number of nitrogens with one attached hydrogen (secondary N) is 1. The lowest BCUT2D eigenvalue weighted by Crippen LogP contribution is -2.29. The zero-order valence-electron chi connectivity index (χ0n) is 17.2. The molecule has 0 saturated carbocycles. The first-order valence-electron chi connectivity index (χ1n) is 10.1. The van der Waals surface area contributed by atoms with E-state index in [1.165, 1.54) is 12.1 Å². The summed E-state index contributed by atoms with van der Waals surface area (Å²) in [6.45, 7) is -2.37. The third-order valence-corrected chi connectivity index (χ3v) is 5.82. The second kappa shape index (κ2) is 10.2. The van der Waals surface area contributed by atoms with Crippen LogP contribution in [-0.4, -0.2) is 36.3 Å². The summed E-state index contributed by atoms with van der Waals surface area (Å²) in [6.07, 6.45) is 0. The minimum absolute atomic E-state index is 0.0274. The number of hydrogen-bond donors (Lipinski definition) is 1. The van der Waals surface area contributed by atoms with Crippen LogP contribution in [0.5, 0.6) is 5.75 Å². The number of nitrogens with zero attached hydrogens (tertiary/aromatic N) is 2. The van der Waals surface area contributed by atoms with Crippen LogP contribution < -0.4 is 10.1 Å². The molecule has 1 unspecified atom stereocenters. The van der Waals surface area contributed by atoms with Crippen molar-refractivity contribution in [2.45, 2.75) is 12.5 Å². The Morgan fingerprint density at radius 1 is 1.06 bits per heavy atom. The van der Waals surface area contributed by atoms with Gasteiger partial charge in [-0.3, -0.25) is 9.80 Å². The van der Waals surface area contributed by atoms with E-state index in [1.807, 2.05) is 30.3 Å². The number of benzene rings is 3. The number of carbonyl (C=O) groups excluding carboxylic acids is 1. The molecule has 1 heterocycles. The maximum absolute atomic E-state index is 12.6. The molecule has 5 nitrogen and oxygen atoms in total. The molecule has 0 saturated heterocycles. The average molecular weight is 490 g/mol. The molecule has 0 radical (unpaired) electrons. The molecule has 3 aromatic carbocycles. The van der Waals surface area contributed by atoms with Crippen LogP contribution >= 0.6 is 23.2 Å². The van der Waals surface area contributed by atoms with E-state index in [9.17, 15) is 13.6 Å². The van der Waals surface area contributed by atoms with Crippen molar-refractivity contribution < 1.29 is 18.3 Å². The van der Waals surface area contributed by atoms with Gasteiger partial charge in [0, 0.05) is 18.2 Å². The van der Waals surface area contributed by atoms with Crippen LogP contribution in [0.25, 0.3) is 0 Å². The van der Waals surface area contributed by atoms with Crippen molar-refractivity contribution in [1.82, 2.24) is 5.01 Å². The molecule has 0 spiro atoms. The normalized spacial score (nSPS) is 15.5. The number of anilines is 1. The summed E-state index contributed by atoms with van der Waals surface area (Å²) < 4.78 is 29.4. The maximum Gasteiger partial charge on any atom is 0.387 e. The third-order valence-electron chi connectivity index (χ3n) is 5.08. The van der Waals surface area contributed by atoms with Crippen LogP contribution in [0.2, 0.25) is 10.0 Å². The summed E-state index contributed by atoms with van der Waals surface area (Å²) in [6, 6.07) is 21.0. The Morgan fingerprint density at radius 2 is 1.79 bits per heavy atom. The first-order valence-corrected chi connectivity index (χ1v) is 10.8. The molecule has 0 bridgehead atoms. The fourth-order valence-corrected chi connectivity index (χ4v) is 3.91. The van der Waals surface area contributed by atoms with Gasteiger partial charge < -0.3 is 10.1 Å². The van der Waals surface area contributed by atoms with Crippen molar-refractivity contribution in [3.63, 3.8) is 0 Å². The predicted octanol–water partition coefficient (Wildman–Crippen LogP) is 6.04. The van der Waals surface area contributed by atoms with Gasteiger partial charge in [0.2, 0.25) is 5.91 Å². The summed E-state index contributed by atoms with van der Waals surface area (Å²) >= 11 is 11.9. The zero-order chi connectivity index (χ0) is 23.4. The van der Waals surface area contributed by atoms with Gasteiger partial charge in [-0.25, -0.2) is 0 Å². The van der Waals surface area contributed by atoms with Crippen molar-refractivity contribution in [1.29, 1.82) is 0 Å². The van der Waals surface area contributed by atoms with Gasteiger partial charge in [0.25, 0.3) is 0 Å². The fourth-order valence-electron chi connectivity index (χ4n) is 3.61. The molecule has 1 N–H and O–H groups in total. The van der Waals surface area contributed by atoms with E-state index in [1.54, 1.807) is 35.3 Å². The Kier molecular flexibility index (Phi) is 7.11. The maximum atomic E-state index is 12.6. The van der Waals surface area contributed by atoms with Crippen molar-refractivity contribution in [2.24, 2.45) is 5.10 Å². The van der Waals surface area contributed by atoms with Gasteiger partial charge in [-0.1, -0.05) is 53.5 Å². The first kappa shape index (κ1) is 23.0. The Bertz CT molecular complexity index is 1160. The van der Waals surface area contributed by atoms with Crippen LogP contribution in [0.3, 0.4) is 0 Å². The molecular formula is C24H19Cl2F2N3O2. The molecule has 9 heteroatoms. The van der Waals surface area contributed by atoms with E-state index < -0.39 is 6.61 Å².